The number of aldehydes is 1. The molecule has 0 spiro atoms. The van der Waals surface area contributed by atoms with Gasteiger partial charge in [0.15, 0.2) is 0 Å². The Morgan fingerprint density at radius 1 is 1.33 bits per heavy atom. The number of benzene rings is 1. The van der Waals surface area contributed by atoms with Crippen LogP contribution in [0.4, 0.5) is 0 Å². The van der Waals surface area contributed by atoms with Crippen molar-refractivity contribution in [2.45, 2.75) is 50.5 Å². The highest BCUT2D eigenvalue weighted by molar-refractivity contribution is 5.51. The minimum atomic E-state index is 0.184. The van der Waals surface area contributed by atoms with E-state index < -0.39 is 0 Å². The molecule has 0 aromatic heterocycles. The van der Waals surface area contributed by atoms with Crippen molar-refractivity contribution in [3.05, 3.63) is 35.4 Å². The average molecular weight is 246 g/mol. The molecule has 0 saturated heterocycles. The molecule has 0 amide bonds. The summed E-state index contributed by atoms with van der Waals surface area (Å²) in [5, 5.41) is 0. The molecule has 0 heterocycles. The van der Waals surface area contributed by atoms with Crippen molar-refractivity contribution in [2.75, 3.05) is 7.11 Å². The smallest absolute Gasteiger partial charge is 0.120 e. The van der Waals surface area contributed by atoms with Crippen molar-refractivity contribution in [2.24, 2.45) is 0 Å². The Balaban J connectivity index is 1.89. The van der Waals surface area contributed by atoms with E-state index in [-0.39, 0.29) is 5.60 Å². The lowest BCUT2D eigenvalue weighted by molar-refractivity contribution is -0.108. The van der Waals surface area contributed by atoms with Crippen molar-refractivity contribution in [3.63, 3.8) is 0 Å². The maximum absolute atomic E-state index is 10.5. The van der Waals surface area contributed by atoms with Crippen LogP contribution in [0.5, 0.6) is 0 Å². The largest absolute Gasteiger partial charge is 0.378 e. The minimum Gasteiger partial charge on any atom is -0.378 e. The van der Waals surface area contributed by atoms with Crippen LogP contribution in [-0.4, -0.2) is 19.0 Å². The molecule has 0 bridgehead atoms. The van der Waals surface area contributed by atoms with E-state index in [9.17, 15) is 4.79 Å². The number of hydrogen-bond donors (Lipinski definition) is 0. The molecular formula is C16H22O2. The van der Waals surface area contributed by atoms with Crippen LogP contribution in [0.2, 0.25) is 0 Å². The summed E-state index contributed by atoms with van der Waals surface area (Å²) in [5.41, 5.74) is 2.79. The third kappa shape index (κ3) is 3.20. The Kier molecular flexibility index (Phi) is 4.18. The van der Waals surface area contributed by atoms with Crippen molar-refractivity contribution in [1.82, 2.24) is 0 Å². The number of carbonyl (C=O) groups excluding carboxylic acids is 1. The molecule has 98 valence electrons. The first-order chi connectivity index (χ1) is 8.69. The van der Waals surface area contributed by atoms with Gasteiger partial charge >= 0.3 is 0 Å². The van der Waals surface area contributed by atoms with Crippen molar-refractivity contribution >= 4 is 6.29 Å². The fourth-order valence-corrected chi connectivity index (χ4v) is 2.36. The molecular weight excluding hydrogens is 224 g/mol. The first kappa shape index (κ1) is 13.3. The monoisotopic (exact) mass is 246 g/mol. The summed E-state index contributed by atoms with van der Waals surface area (Å²) in [7, 11) is 1.82. The van der Waals surface area contributed by atoms with Crippen LogP contribution in [0, 0.1) is 0 Å². The predicted octanol–water partition coefficient (Wildman–Crippen LogP) is 3.49. The molecule has 1 fully saturated rings. The topological polar surface area (TPSA) is 26.3 Å². The van der Waals surface area contributed by atoms with E-state index in [2.05, 4.69) is 31.2 Å². The highest BCUT2D eigenvalue weighted by Crippen LogP contribution is 2.42. The van der Waals surface area contributed by atoms with Gasteiger partial charge in [0.25, 0.3) is 0 Å². The average Bonchev–Trinajstić information content (AvgIpc) is 3.18. The lowest BCUT2D eigenvalue weighted by atomic mass is 9.96. The Hall–Kier alpha value is -1.15. The van der Waals surface area contributed by atoms with Gasteiger partial charge in [0.05, 0.1) is 5.60 Å². The summed E-state index contributed by atoms with van der Waals surface area (Å²) in [5.74, 6) is 0.324. The fourth-order valence-electron chi connectivity index (χ4n) is 2.36. The molecule has 1 atom stereocenters. The van der Waals surface area contributed by atoms with E-state index >= 15 is 0 Å². The summed E-state index contributed by atoms with van der Waals surface area (Å²) in [4.78, 5) is 10.5. The second kappa shape index (κ2) is 5.66. The second-order valence-electron chi connectivity index (χ2n) is 5.43. The molecule has 1 aromatic carbocycles. The Labute approximate surface area is 109 Å². The third-order valence-corrected chi connectivity index (χ3v) is 4.11. The molecule has 1 saturated carbocycles. The van der Waals surface area contributed by atoms with Gasteiger partial charge in [-0.05, 0) is 42.7 Å². The standard InChI is InChI=1S/C16H22O2/c1-13(8-12-17)15-5-3-14(4-6-15)7-9-16(18-2)10-11-16/h3-6,12-13H,7-11H2,1-2H3. The van der Waals surface area contributed by atoms with E-state index in [1.807, 2.05) is 7.11 Å². The molecule has 0 aliphatic heterocycles. The summed E-state index contributed by atoms with van der Waals surface area (Å²) in [6.07, 6.45) is 6.21. The van der Waals surface area contributed by atoms with Gasteiger partial charge in [0, 0.05) is 13.5 Å². The second-order valence-corrected chi connectivity index (χ2v) is 5.43. The van der Waals surface area contributed by atoms with Gasteiger partial charge in [0.1, 0.15) is 6.29 Å². The maximum Gasteiger partial charge on any atom is 0.120 e. The lowest BCUT2D eigenvalue weighted by Gasteiger charge is -2.13. The van der Waals surface area contributed by atoms with Crippen LogP contribution >= 0.6 is 0 Å². The van der Waals surface area contributed by atoms with Crippen LogP contribution in [0.15, 0.2) is 24.3 Å². The van der Waals surface area contributed by atoms with E-state index in [0.717, 1.165) is 19.1 Å². The summed E-state index contributed by atoms with van der Waals surface area (Å²) < 4.78 is 5.53. The normalized spacial score (nSPS) is 18.3. The molecule has 2 nitrogen and oxygen atoms in total. The van der Waals surface area contributed by atoms with Gasteiger partial charge in [-0.25, -0.2) is 0 Å². The van der Waals surface area contributed by atoms with E-state index in [0.29, 0.717) is 12.3 Å². The number of rotatable bonds is 7. The maximum atomic E-state index is 10.5. The van der Waals surface area contributed by atoms with Crippen LogP contribution in [0.3, 0.4) is 0 Å². The van der Waals surface area contributed by atoms with E-state index in [1.54, 1.807) is 0 Å². The van der Waals surface area contributed by atoms with Gasteiger partial charge in [0.2, 0.25) is 0 Å². The number of ether oxygens (including phenoxy) is 1. The Morgan fingerprint density at radius 2 is 2.00 bits per heavy atom. The number of carbonyl (C=O) groups is 1. The molecule has 1 aliphatic carbocycles. The molecule has 1 unspecified atom stereocenters. The highest BCUT2D eigenvalue weighted by atomic mass is 16.5. The molecule has 0 N–H and O–H groups in total. The summed E-state index contributed by atoms with van der Waals surface area (Å²) in [6, 6.07) is 8.66. The molecule has 1 aliphatic rings. The molecule has 0 radical (unpaired) electrons. The third-order valence-electron chi connectivity index (χ3n) is 4.11. The zero-order valence-corrected chi connectivity index (χ0v) is 11.3. The SMILES string of the molecule is COC1(CCc2ccc(C(C)CC=O)cc2)CC1. The molecule has 2 rings (SSSR count). The Bertz CT molecular complexity index is 390. The van der Waals surface area contributed by atoms with Gasteiger partial charge < -0.3 is 9.53 Å². The van der Waals surface area contributed by atoms with E-state index in [1.165, 1.54) is 24.0 Å². The first-order valence-corrected chi connectivity index (χ1v) is 6.77. The number of methoxy groups -OCH3 is 1. The van der Waals surface area contributed by atoms with Crippen LogP contribution < -0.4 is 0 Å². The van der Waals surface area contributed by atoms with Crippen molar-refractivity contribution in [3.8, 4) is 0 Å². The summed E-state index contributed by atoms with van der Waals surface area (Å²) in [6.45, 7) is 2.09. The quantitative estimate of drug-likeness (QED) is 0.688. The molecule has 2 heteroatoms. The van der Waals surface area contributed by atoms with Gasteiger partial charge in [-0.1, -0.05) is 31.2 Å². The lowest BCUT2D eigenvalue weighted by Crippen LogP contribution is -2.12. The van der Waals surface area contributed by atoms with Gasteiger partial charge in [-0.2, -0.15) is 0 Å². The molecule has 1 aromatic rings. The van der Waals surface area contributed by atoms with E-state index in [4.69, 9.17) is 4.74 Å². The summed E-state index contributed by atoms with van der Waals surface area (Å²) >= 11 is 0. The van der Waals surface area contributed by atoms with Crippen molar-refractivity contribution < 1.29 is 9.53 Å². The van der Waals surface area contributed by atoms with Gasteiger partial charge in [-0.3, -0.25) is 0 Å². The highest BCUT2D eigenvalue weighted by Gasteiger charge is 2.42. The first-order valence-electron chi connectivity index (χ1n) is 6.77. The number of hydrogen-bond acceptors (Lipinski definition) is 2. The molecule has 18 heavy (non-hydrogen) atoms. The van der Waals surface area contributed by atoms with Gasteiger partial charge in [-0.15, -0.1) is 0 Å². The fraction of sp³-hybridized carbons (Fsp3) is 0.562. The Morgan fingerprint density at radius 3 is 2.50 bits per heavy atom. The van der Waals surface area contributed by atoms with Crippen LogP contribution in [0.1, 0.15) is 49.7 Å². The number of aryl methyl sites for hydroxylation is 1. The zero-order valence-electron chi connectivity index (χ0n) is 11.3. The predicted molar refractivity (Wildman–Crippen MR) is 72.8 cm³/mol. The minimum absolute atomic E-state index is 0.184. The zero-order chi connectivity index (χ0) is 13.0. The van der Waals surface area contributed by atoms with Crippen LogP contribution in [0.25, 0.3) is 0 Å². The van der Waals surface area contributed by atoms with Crippen LogP contribution in [-0.2, 0) is 16.0 Å². The van der Waals surface area contributed by atoms with Crippen molar-refractivity contribution in [1.29, 1.82) is 0 Å².